The van der Waals surface area contributed by atoms with Gasteiger partial charge < -0.3 is 33.5 Å². The quantitative estimate of drug-likeness (QED) is 0.573. The largest absolute Gasteiger partial charge is 0.497 e. The van der Waals surface area contributed by atoms with E-state index in [1.807, 2.05) is 24.3 Å². The molecule has 9 nitrogen and oxygen atoms in total. The molecule has 0 aliphatic carbocycles. The van der Waals surface area contributed by atoms with Crippen molar-refractivity contribution in [2.75, 3.05) is 66.1 Å². The number of benzene rings is 2. The van der Waals surface area contributed by atoms with Crippen LogP contribution in [0.4, 0.5) is 5.69 Å². The smallest absolute Gasteiger partial charge is 0.338 e. The van der Waals surface area contributed by atoms with Gasteiger partial charge in [0.2, 0.25) is 5.75 Å². The predicted molar refractivity (Wildman–Crippen MR) is 118 cm³/mol. The summed E-state index contributed by atoms with van der Waals surface area (Å²) < 4.78 is 26.2. The Balaban J connectivity index is 1.54. The fourth-order valence-corrected chi connectivity index (χ4v) is 3.51. The second kappa shape index (κ2) is 10.6. The van der Waals surface area contributed by atoms with Crippen LogP contribution < -0.4 is 23.8 Å². The third-order valence-corrected chi connectivity index (χ3v) is 5.30. The highest BCUT2D eigenvalue weighted by atomic mass is 16.5. The first-order valence-electron chi connectivity index (χ1n) is 10.1. The second-order valence-corrected chi connectivity index (χ2v) is 7.06. The van der Waals surface area contributed by atoms with E-state index in [-0.39, 0.29) is 18.1 Å². The summed E-state index contributed by atoms with van der Waals surface area (Å²) in [5, 5.41) is 0. The van der Waals surface area contributed by atoms with Crippen molar-refractivity contribution in [3.8, 4) is 23.0 Å². The van der Waals surface area contributed by atoms with Gasteiger partial charge in [-0.2, -0.15) is 0 Å². The van der Waals surface area contributed by atoms with Crippen LogP contribution >= 0.6 is 0 Å². The minimum absolute atomic E-state index is 0.205. The lowest BCUT2D eigenvalue weighted by molar-refractivity contribution is -0.134. The number of hydrogen-bond acceptors (Lipinski definition) is 8. The molecule has 1 aliphatic heterocycles. The van der Waals surface area contributed by atoms with Crippen molar-refractivity contribution in [2.45, 2.75) is 0 Å². The van der Waals surface area contributed by atoms with Gasteiger partial charge in [0.1, 0.15) is 5.75 Å². The Labute approximate surface area is 187 Å². The summed E-state index contributed by atoms with van der Waals surface area (Å²) in [5.74, 6) is 0.961. The number of carbonyl (C=O) groups is 2. The molecule has 32 heavy (non-hydrogen) atoms. The zero-order chi connectivity index (χ0) is 23.1. The standard InChI is InChI=1S/C23H28N2O7/c1-28-18-7-5-17(6-8-18)24-9-11-25(12-10-24)21(26)15-32-23(27)16-13-19(29-2)22(31-4)20(14-16)30-3/h5-8,13-14H,9-12,15H2,1-4H3. The van der Waals surface area contributed by atoms with E-state index in [4.69, 9.17) is 23.7 Å². The van der Waals surface area contributed by atoms with Crippen molar-refractivity contribution in [3.05, 3.63) is 42.0 Å². The van der Waals surface area contributed by atoms with Gasteiger partial charge in [-0.3, -0.25) is 4.79 Å². The number of rotatable bonds is 8. The number of carbonyl (C=O) groups excluding carboxylic acids is 2. The minimum Gasteiger partial charge on any atom is -0.497 e. The van der Waals surface area contributed by atoms with Crippen molar-refractivity contribution in [1.82, 2.24) is 4.90 Å². The Kier molecular flexibility index (Phi) is 7.64. The molecular formula is C23H28N2O7. The average Bonchev–Trinajstić information content (AvgIpc) is 2.86. The molecule has 0 bridgehead atoms. The molecule has 2 aromatic rings. The third-order valence-electron chi connectivity index (χ3n) is 5.30. The number of piperazine rings is 1. The summed E-state index contributed by atoms with van der Waals surface area (Å²) in [6.45, 7) is 2.15. The molecule has 172 valence electrons. The van der Waals surface area contributed by atoms with Gasteiger partial charge in [-0.25, -0.2) is 4.79 Å². The van der Waals surface area contributed by atoms with Crippen LogP contribution in [0.5, 0.6) is 23.0 Å². The van der Waals surface area contributed by atoms with Crippen LogP contribution in [0.2, 0.25) is 0 Å². The van der Waals surface area contributed by atoms with E-state index in [9.17, 15) is 9.59 Å². The molecule has 0 saturated carbocycles. The highest BCUT2D eigenvalue weighted by Gasteiger charge is 2.23. The molecule has 0 N–H and O–H groups in total. The van der Waals surface area contributed by atoms with Gasteiger partial charge in [-0.15, -0.1) is 0 Å². The first kappa shape index (κ1) is 23.1. The minimum atomic E-state index is -0.644. The number of ether oxygens (including phenoxy) is 5. The van der Waals surface area contributed by atoms with Crippen LogP contribution in [-0.2, 0) is 9.53 Å². The van der Waals surface area contributed by atoms with E-state index in [0.717, 1.165) is 11.4 Å². The molecule has 1 aliphatic rings. The lowest BCUT2D eigenvalue weighted by Crippen LogP contribution is -2.49. The van der Waals surface area contributed by atoms with Gasteiger partial charge in [-0.05, 0) is 36.4 Å². The maximum Gasteiger partial charge on any atom is 0.338 e. The van der Waals surface area contributed by atoms with E-state index in [1.54, 1.807) is 12.0 Å². The van der Waals surface area contributed by atoms with Gasteiger partial charge in [-0.1, -0.05) is 0 Å². The fraction of sp³-hybridized carbons (Fsp3) is 0.391. The van der Waals surface area contributed by atoms with Gasteiger partial charge in [0, 0.05) is 31.9 Å². The van der Waals surface area contributed by atoms with Gasteiger partial charge in [0.15, 0.2) is 18.1 Å². The van der Waals surface area contributed by atoms with Crippen molar-refractivity contribution in [3.63, 3.8) is 0 Å². The number of anilines is 1. The maximum atomic E-state index is 12.6. The highest BCUT2D eigenvalue weighted by Crippen LogP contribution is 2.38. The van der Waals surface area contributed by atoms with Crippen molar-refractivity contribution in [1.29, 1.82) is 0 Å². The molecule has 1 heterocycles. The first-order valence-corrected chi connectivity index (χ1v) is 10.1. The monoisotopic (exact) mass is 444 g/mol. The van der Waals surface area contributed by atoms with Crippen LogP contribution in [0.25, 0.3) is 0 Å². The molecule has 1 saturated heterocycles. The molecule has 9 heteroatoms. The zero-order valence-corrected chi connectivity index (χ0v) is 18.8. The van der Waals surface area contributed by atoms with Crippen LogP contribution in [0.3, 0.4) is 0 Å². The molecule has 1 fully saturated rings. The van der Waals surface area contributed by atoms with E-state index in [2.05, 4.69) is 4.90 Å². The van der Waals surface area contributed by atoms with Crippen LogP contribution in [0.15, 0.2) is 36.4 Å². The number of hydrogen-bond donors (Lipinski definition) is 0. The van der Waals surface area contributed by atoms with E-state index < -0.39 is 5.97 Å². The molecular weight excluding hydrogens is 416 g/mol. The predicted octanol–water partition coefficient (Wildman–Crippen LogP) is 2.23. The topological polar surface area (TPSA) is 86.8 Å². The average molecular weight is 444 g/mol. The lowest BCUT2D eigenvalue weighted by Gasteiger charge is -2.36. The zero-order valence-electron chi connectivity index (χ0n) is 18.8. The molecule has 2 aromatic carbocycles. The SMILES string of the molecule is COc1ccc(N2CCN(C(=O)COC(=O)c3cc(OC)c(OC)c(OC)c3)CC2)cc1. The Morgan fingerprint density at radius 2 is 1.41 bits per heavy atom. The summed E-state index contributed by atoms with van der Waals surface area (Å²) in [4.78, 5) is 28.9. The highest BCUT2D eigenvalue weighted by molar-refractivity contribution is 5.92. The number of methoxy groups -OCH3 is 4. The Bertz CT molecular complexity index is 913. The van der Waals surface area contributed by atoms with Gasteiger partial charge in [0.25, 0.3) is 5.91 Å². The molecule has 0 spiro atoms. The van der Waals surface area contributed by atoms with Gasteiger partial charge in [0.05, 0.1) is 34.0 Å². The van der Waals surface area contributed by atoms with E-state index in [1.165, 1.54) is 33.5 Å². The number of esters is 1. The maximum absolute atomic E-state index is 12.6. The van der Waals surface area contributed by atoms with Crippen LogP contribution in [-0.4, -0.2) is 78.0 Å². The summed E-state index contributed by atoms with van der Waals surface area (Å²) in [7, 11) is 6.03. The Morgan fingerprint density at radius 3 is 1.91 bits per heavy atom. The molecule has 0 aromatic heterocycles. The Hall–Kier alpha value is -3.62. The number of nitrogens with zero attached hydrogens (tertiary/aromatic N) is 2. The number of amides is 1. The molecule has 3 rings (SSSR count). The first-order chi connectivity index (χ1) is 15.5. The summed E-state index contributed by atoms with van der Waals surface area (Å²) >= 11 is 0. The third kappa shape index (κ3) is 5.16. The summed E-state index contributed by atoms with van der Waals surface area (Å²) in [6, 6.07) is 10.8. The molecule has 0 unspecified atom stereocenters. The second-order valence-electron chi connectivity index (χ2n) is 7.06. The summed E-state index contributed by atoms with van der Waals surface area (Å²) in [6.07, 6.45) is 0. The molecule has 1 amide bonds. The Morgan fingerprint density at radius 1 is 0.812 bits per heavy atom. The fourth-order valence-electron chi connectivity index (χ4n) is 3.51. The van der Waals surface area contributed by atoms with Crippen LogP contribution in [0.1, 0.15) is 10.4 Å². The molecule has 0 atom stereocenters. The molecule has 0 radical (unpaired) electrons. The lowest BCUT2D eigenvalue weighted by atomic mass is 10.2. The van der Waals surface area contributed by atoms with Gasteiger partial charge >= 0.3 is 5.97 Å². The van der Waals surface area contributed by atoms with Crippen molar-refractivity contribution < 1.29 is 33.3 Å². The van der Waals surface area contributed by atoms with E-state index in [0.29, 0.717) is 43.4 Å². The van der Waals surface area contributed by atoms with E-state index >= 15 is 0 Å². The normalized spacial score (nSPS) is 13.4. The van der Waals surface area contributed by atoms with Crippen molar-refractivity contribution in [2.24, 2.45) is 0 Å². The van der Waals surface area contributed by atoms with Crippen molar-refractivity contribution >= 4 is 17.6 Å². The summed E-state index contributed by atoms with van der Waals surface area (Å²) in [5.41, 5.74) is 1.28. The van der Waals surface area contributed by atoms with Crippen LogP contribution in [0, 0.1) is 0 Å².